The molecule has 0 bridgehead atoms. The fourth-order valence-corrected chi connectivity index (χ4v) is 4.12. The molecule has 156 valence electrons. The zero-order valence-corrected chi connectivity index (χ0v) is 17.7. The number of carbonyl (C=O) groups is 1. The van der Waals surface area contributed by atoms with Crippen molar-refractivity contribution >= 4 is 38.9 Å². The third-order valence-corrected chi connectivity index (χ3v) is 5.81. The molecule has 2 aromatic carbocycles. The highest BCUT2D eigenvalue weighted by atomic mass is 35.5. The van der Waals surface area contributed by atoms with Gasteiger partial charge in [0.15, 0.2) is 17.6 Å². The molecule has 2 aromatic rings. The Balaban J connectivity index is 1.85. The number of hydrogen-bond donors (Lipinski definition) is 1. The molecule has 1 aliphatic rings. The molecule has 0 saturated carbocycles. The summed E-state index contributed by atoms with van der Waals surface area (Å²) in [6.45, 7) is 0.0796. The van der Waals surface area contributed by atoms with E-state index in [-0.39, 0.29) is 18.7 Å². The summed E-state index contributed by atoms with van der Waals surface area (Å²) in [6, 6.07) is 9.61. The molecule has 0 aromatic heterocycles. The van der Waals surface area contributed by atoms with E-state index in [2.05, 4.69) is 5.32 Å². The van der Waals surface area contributed by atoms with E-state index < -0.39 is 22.0 Å². The number of hydrogen-bond acceptors (Lipinski definition) is 6. The number of halogens is 1. The summed E-state index contributed by atoms with van der Waals surface area (Å²) in [4.78, 5) is 12.8. The van der Waals surface area contributed by atoms with Gasteiger partial charge in [-0.25, -0.2) is 8.42 Å². The van der Waals surface area contributed by atoms with Crippen LogP contribution in [0.1, 0.15) is 6.42 Å². The number of benzene rings is 2. The number of amides is 1. The Morgan fingerprint density at radius 3 is 2.55 bits per heavy atom. The Labute approximate surface area is 174 Å². The molecular formula is C19H21ClN2O6S. The third kappa shape index (κ3) is 4.68. The van der Waals surface area contributed by atoms with Gasteiger partial charge in [0.25, 0.3) is 5.91 Å². The van der Waals surface area contributed by atoms with Crippen molar-refractivity contribution in [3.63, 3.8) is 0 Å². The minimum atomic E-state index is -3.57. The smallest absolute Gasteiger partial charge is 0.265 e. The molecule has 1 N–H and O–H groups in total. The molecule has 3 rings (SSSR count). The fraction of sp³-hybridized carbons (Fsp3) is 0.316. The van der Waals surface area contributed by atoms with Crippen LogP contribution >= 0.6 is 11.6 Å². The number of rotatable bonds is 5. The Morgan fingerprint density at radius 1 is 1.17 bits per heavy atom. The first-order valence-electron chi connectivity index (χ1n) is 8.69. The number of methoxy groups -OCH3 is 2. The van der Waals surface area contributed by atoms with Gasteiger partial charge in [0.05, 0.1) is 26.2 Å². The fourth-order valence-electron chi connectivity index (χ4n) is 3.02. The Hall–Kier alpha value is -2.65. The molecule has 1 amide bonds. The van der Waals surface area contributed by atoms with Crippen molar-refractivity contribution < 1.29 is 27.4 Å². The molecule has 0 saturated heterocycles. The average molecular weight is 441 g/mol. The van der Waals surface area contributed by atoms with E-state index in [4.69, 9.17) is 25.8 Å². The van der Waals surface area contributed by atoms with Gasteiger partial charge in [0.1, 0.15) is 5.75 Å². The van der Waals surface area contributed by atoms with Gasteiger partial charge in [0, 0.05) is 29.7 Å². The van der Waals surface area contributed by atoms with Crippen LogP contribution in [0.5, 0.6) is 17.2 Å². The van der Waals surface area contributed by atoms with Crippen molar-refractivity contribution in [1.29, 1.82) is 0 Å². The maximum absolute atomic E-state index is 12.8. The van der Waals surface area contributed by atoms with Crippen molar-refractivity contribution in [2.75, 3.05) is 36.6 Å². The van der Waals surface area contributed by atoms with Crippen LogP contribution in [-0.4, -0.2) is 47.4 Å². The van der Waals surface area contributed by atoms with Crippen LogP contribution in [0.4, 0.5) is 11.4 Å². The summed E-state index contributed by atoms with van der Waals surface area (Å²) >= 11 is 6.03. The van der Waals surface area contributed by atoms with E-state index in [1.54, 1.807) is 30.3 Å². The van der Waals surface area contributed by atoms with Crippen LogP contribution < -0.4 is 23.8 Å². The molecular weight excluding hydrogens is 420 g/mol. The molecule has 8 nitrogen and oxygen atoms in total. The second-order valence-corrected chi connectivity index (χ2v) is 8.74. The average Bonchev–Trinajstić information content (AvgIpc) is 2.87. The highest BCUT2D eigenvalue weighted by molar-refractivity contribution is 7.92. The Bertz CT molecular complexity index is 1030. The summed E-state index contributed by atoms with van der Waals surface area (Å²) in [7, 11) is -0.551. The standard InChI is InChI=1S/C19H21ClN2O6S/c1-26-16-7-5-13(11-18(16)27-2)21-19(23)17-8-9-22(29(3,24)25)14-10-12(20)4-6-15(14)28-17/h4-7,10-11,17H,8-9H2,1-3H3,(H,21,23). The summed E-state index contributed by atoms with van der Waals surface area (Å²) < 4.78 is 41.9. The molecule has 1 atom stereocenters. The Kier molecular flexibility index (Phi) is 6.09. The van der Waals surface area contributed by atoms with E-state index >= 15 is 0 Å². The second-order valence-electron chi connectivity index (χ2n) is 6.40. The molecule has 10 heteroatoms. The summed E-state index contributed by atoms with van der Waals surface area (Å²) in [5.74, 6) is 0.861. The quantitative estimate of drug-likeness (QED) is 0.768. The molecule has 0 spiro atoms. The highest BCUT2D eigenvalue weighted by Crippen LogP contribution is 2.36. The molecule has 1 aliphatic heterocycles. The molecule has 0 radical (unpaired) electrons. The van der Waals surface area contributed by atoms with Gasteiger partial charge in [-0.3, -0.25) is 9.10 Å². The van der Waals surface area contributed by atoms with Crippen molar-refractivity contribution in [3.8, 4) is 17.2 Å². The maximum atomic E-state index is 12.8. The summed E-state index contributed by atoms with van der Waals surface area (Å²) in [6.07, 6.45) is 0.370. The lowest BCUT2D eigenvalue weighted by Gasteiger charge is -2.21. The lowest BCUT2D eigenvalue weighted by Crippen LogP contribution is -2.35. The number of ether oxygens (including phenoxy) is 3. The van der Waals surface area contributed by atoms with Gasteiger partial charge < -0.3 is 19.5 Å². The van der Waals surface area contributed by atoms with Crippen molar-refractivity contribution in [3.05, 3.63) is 41.4 Å². The van der Waals surface area contributed by atoms with Crippen molar-refractivity contribution in [2.45, 2.75) is 12.5 Å². The van der Waals surface area contributed by atoms with Crippen LogP contribution in [0.15, 0.2) is 36.4 Å². The summed E-state index contributed by atoms with van der Waals surface area (Å²) in [5, 5.41) is 3.14. The molecule has 1 unspecified atom stereocenters. The largest absolute Gasteiger partial charge is 0.493 e. The lowest BCUT2D eigenvalue weighted by atomic mass is 10.2. The number of anilines is 2. The molecule has 0 fully saturated rings. The molecule has 0 aliphatic carbocycles. The Morgan fingerprint density at radius 2 is 1.90 bits per heavy atom. The van der Waals surface area contributed by atoms with E-state index in [1.165, 1.54) is 24.6 Å². The first kappa shape index (κ1) is 21.1. The zero-order valence-electron chi connectivity index (χ0n) is 16.1. The van der Waals surface area contributed by atoms with Crippen molar-refractivity contribution in [1.82, 2.24) is 0 Å². The predicted molar refractivity (Wildman–Crippen MR) is 111 cm³/mol. The van der Waals surface area contributed by atoms with Crippen LogP contribution in [0.2, 0.25) is 5.02 Å². The van der Waals surface area contributed by atoms with Gasteiger partial charge in [-0.1, -0.05) is 11.6 Å². The van der Waals surface area contributed by atoms with Crippen molar-refractivity contribution in [2.24, 2.45) is 0 Å². The van der Waals surface area contributed by atoms with Gasteiger partial charge in [-0.05, 0) is 30.3 Å². The summed E-state index contributed by atoms with van der Waals surface area (Å²) in [5.41, 5.74) is 0.804. The van der Waals surface area contributed by atoms with E-state index in [9.17, 15) is 13.2 Å². The normalized spacial score (nSPS) is 16.3. The topological polar surface area (TPSA) is 94.2 Å². The number of fused-ring (bicyclic) bond motifs is 1. The van der Waals surface area contributed by atoms with Crippen LogP contribution in [0.3, 0.4) is 0 Å². The van der Waals surface area contributed by atoms with E-state index in [0.29, 0.717) is 27.9 Å². The molecule has 1 heterocycles. The highest BCUT2D eigenvalue weighted by Gasteiger charge is 2.31. The minimum Gasteiger partial charge on any atom is -0.493 e. The minimum absolute atomic E-state index is 0.0796. The number of nitrogens with one attached hydrogen (secondary N) is 1. The third-order valence-electron chi connectivity index (χ3n) is 4.40. The van der Waals surface area contributed by atoms with Crippen LogP contribution in [0.25, 0.3) is 0 Å². The van der Waals surface area contributed by atoms with Gasteiger partial charge in [-0.2, -0.15) is 0 Å². The first-order valence-corrected chi connectivity index (χ1v) is 10.9. The maximum Gasteiger partial charge on any atom is 0.265 e. The van der Waals surface area contributed by atoms with E-state index in [0.717, 1.165) is 6.26 Å². The predicted octanol–water partition coefficient (Wildman–Crippen LogP) is 2.91. The van der Waals surface area contributed by atoms with Crippen LogP contribution in [-0.2, 0) is 14.8 Å². The SMILES string of the molecule is COc1ccc(NC(=O)C2CCN(S(C)(=O)=O)c3cc(Cl)ccc3O2)cc1OC. The number of nitrogens with zero attached hydrogens (tertiary/aromatic N) is 1. The zero-order chi connectivity index (χ0) is 21.2. The first-order chi connectivity index (χ1) is 13.7. The van der Waals surface area contributed by atoms with Gasteiger partial charge in [-0.15, -0.1) is 0 Å². The van der Waals surface area contributed by atoms with Crippen LogP contribution in [0, 0.1) is 0 Å². The van der Waals surface area contributed by atoms with E-state index in [1.807, 2.05) is 0 Å². The van der Waals surface area contributed by atoms with Gasteiger partial charge in [0.2, 0.25) is 10.0 Å². The number of carbonyl (C=O) groups excluding carboxylic acids is 1. The van der Waals surface area contributed by atoms with Gasteiger partial charge >= 0.3 is 0 Å². The second kappa shape index (κ2) is 8.38. The lowest BCUT2D eigenvalue weighted by molar-refractivity contribution is -0.122. The monoisotopic (exact) mass is 440 g/mol. The number of sulfonamides is 1. The molecule has 29 heavy (non-hydrogen) atoms.